The molecule has 2 nitrogen and oxygen atoms in total. The van der Waals surface area contributed by atoms with E-state index in [0.29, 0.717) is 12.1 Å². The van der Waals surface area contributed by atoms with Gasteiger partial charge in [0.15, 0.2) is 0 Å². The Morgan fingerprint density at radius 1 is 0.880 bits per heavy atom. The molecule has 0 saturated carbocycles. The maximum atomic E-state index is 13.8. The van der Waals surface area contributed by atoms with Gasteiger partial charge in [-0.1, -0.05) is 24.3 Å². The van der Waals surface area contributed by atoms with Crippen molar-refractivity contribution in [2.24, 2.45) is 0 Å². The van der Waals surface area contributed by atoms with Gasteiger partial charge in [-0.25, -0.2) is 8.78 Å². The second-order valence-electron chi connectivity index (χ2n) is 6.08. The smallest absolute Gasteiger partial charge is 0.131 e. The average Bonchev–Trinajstić information content (AvgIpc) is 2.94. The Balaban J connectivity index is 1.70. The fourth-order valence-corrected chi connectivity index (χ4v) is 3.37. The van der Waals surface area contributed by atoms with E-state index >= 15 is 0 Å². The lowest BCUT2D eigenvalue weighted by molar-refractivity contribution is 0.574. The van der Waals surface area contributed by atoms with Gasteiger partial charge in [-0.15, -0.1) is 0 Å². The van der Waals surface area contributed by atoms with E-state index in [9.17, 15) is 8.78 Å². The van der Waals surface area contributed by atoms with Gasteiger partial charge in [0.1, 0.15) is 11.6 Å². The Kier molecular flexibility index (Phi) is 3.88. The first-order valence-electron chi connectivity index (χ1n) is 8.36. The van der Waals surface area contributed by atoms with Gasteiger partial charge in [0.2, 0.25) is 0 Å². The van der Waals surface area contributed by atoms with Crippen LogP contribution in [0.1, 0.15) is 12.5 Å². The molecule has 0 bridgehead atoms. The van der Waals surface area contributed by atoms with Gasteiger partial charge in [0.05, 0.1) is 0 Å². The van der Waals surface area contributed by atoms with E-state index in [-0.39, 0.29) is 0 Å². The third kappa shape index (κ3) is 2.74. The van der Waals surface area contributed by atoms with Gasteiger partial charge < -0.3 is 9.88 Å². The van der Waals surface area contributed by atoms with E-state index in [2.05, 4.69) is 41.1 Å². The van der Waals surface area contributed by atoms with Crippen molar-refractivity contribution in [1.29, 1.82) is 0 Å². The summed E-state index contributed by atoms with van der Waals surface area (Å²) in [4.78, 5) is 0. The lowest BCUT2D eigenvalue weighted by Crippen LogP contribution is -2.02. The fraction of sp³-hybridized carbons (Fsp3) is 0.143. The summed E-state index contributed by atoms with van der Waals surface area (Å²) in [5.74, 6) is -1.09. The summed E-state index contributed by atoms with van der Waals surface area (Å²) in [5, 5.41) is 5.61. The molecule has 1 aromatic heterocycles. The first-order valence-corrected chi connectivity index (χ1v) is 8.36. The summed E-state index contributed by atoms with van der Waals surface area (Å²) in [6.07, 6.45) is 0. The molecule has 0 aliphatic rings. The van der Waals surface area contributed by atoms with Crippen LogP contribution < -0.4 is 5.32 Å². The Morgan fingerprint density at radius 2 is 1.68 bits per heavy atom. The van der Waals surface area contributed by atoms with Gasteiger partial charge in [-0.3, -0.25) is 0 Å². The summed E-state index contributed by atoms with van der Waals surface area (Å²) in [6.45, 7) is 3.34. The van der Waals surface area contributed by atoms with Gasteiger partial charge in [0.25, 0.3) is 0 Å². The largest absolute Gasteiger partial charge is 0.381 e. The quantitative estimate of drug-likeness (QED) is 0.505. The number of hydrogen-bond donors (Lipinski definition) is 1. The number of rotatable bonds is 4. The Bertz CT molecular complexity index is 1070. The highest BCUT2D eigenvalue weighted by atomic mass is 19.1. The molecule has 0 saturated heterocycles. The molecule has 0 unspecified atom stereocenters. The summed E-state index contributed by atoms with van der Waals surface area (Å²) < 4.78 is 29.1. The third-order valence-corrected chi connectivity index (χ3v) is 4.59. The van der Waals surface area contributed by atoms with Crippen LogP contribution in [0.15, 0.2) is 60.7 Å². The molecule has 0 aliphatic heterocycles. The van der Waals surface area contributed by atoms with Crippen LogP contribution in [0.4, 0.5) is 14.5 Å². The average molecular weight is 336 g/mol. The molecule has 0 aliphatic carbocycles. The number of aryl methyl sites for hydroxylation is 1. The van der Waals surface area contributed by atoms with Crippen molar-refractivity contribution in [3.63, 3.8) is 0 Å². The number of nitrogens with one attached hydrogen (secondary N) is 1. The fourth-order valence-electron chi connectivity index (χ4n) is 3.37. The van der Waals surface area contributed by atoms with Crippen LogP contribution in [0, 0.1) is 11.6 Å². The molecule has 4 rings (SSSR count). The van der Waals surface area contributed by atoms with Crippen molar-refractivity contribution < 1.29 is 8.78 Å². The zero-order valence-electron chi connectivity index (χ0n) is 13.9. The van der Waals surface area contributed by atoms with Crippen molar-refractivity contribution in [2.45, 2.75) is 20.0 Å². The number of benzene rings is 3. The summed E-state index contributed by atoms with van der Waals surface area (Å²) in [6, 6.07) is 18.2. The van der Waals surface area contributed by atoms with E-state index in [4.69, 9.17) is 0 Å². The number of aromatic nitrogens is 1. The molecule has 4 aromatic rings. The molecule has 0 radical (unpaired) electrons. The van der Waals surface area contributed by atoms with E-state index in [0.717, 1.165) is 18.3 Å². The number of hydrogen-bond acceptors (Lipinski definition) is 1. The molecule has 126 valence electrons. The van der Waals surface area contributed by atoms with E-state index in [1.54, 1.807) is 0 Å². The standard InChI is InChI=1S/C21H18F2N2/c1-2-25-20-6-4-3-5-17(20)18-12-16(9-10-21(18)25)24-13-14-7-8-15(22)11-19(14)23/h3-12,24H,2,13H2,1H3. The number of nitrogens with zero attached hydrogens (tertiary/aromatic N) is 1. The molecule has 0 fully saturated rings. The summed E-state index contributed by atoms with van der Waals surface area (Å²) in [5.41, 5.74) is 3.75. The molecular weight excluding hydrogens is 318 g/mol. The number of fused-ring (bicyclic) bond motifs is 3. The summed E-state index contributed by atoms with van der Waals surface area (Å²) >= 11 is 0. The predicted octanol–water partition coefficient (Wildman–Crippen LogP) is 5.70. The van der Waals surface area contributed by atoms with Crippen molar-refractivity contribution >= 4 is 27.5 Å². The van der Waals surface area contributed by atoms with Crippen LogP contribution in [0.3, 0.4) is 0 Å². The van der Waals surface area contributed by atoms with Crippen molar-refractivity contribution in [1.82, 2.24) is 4.57 Å². The normalized spacial score (nSPS) is 11.3. The van der Waals surface area contributed by atoms with E-state index in [1.165, 1.54) is 33.9 Å². The minimum Gasteiger partial charge on any atom is -0.381 e. The second-order valence-corrected chi connectivity index (χ2v) is 6.08. The molecule has 25 heavy (non-hydrogen) atoms. The van der Waals surface area contributed by atoms with Gasteiger partial charge in [-0.05, 0) is 37.3 Å². The van der Waals surface area contributed by atoms with Crippen LogP contribution >= 0.6 is 0 Å². The highest BCUT2D eigenvalue weighted by molar-refractivity contribution is 6.09. The Morgan fingerprint density at radius 3 is 2.48 bits per heavy atom. The Labute approximate surface area is 144 Å². The maximum Gasteiger partial charge on any atom is 0.131 e. The maximum absolute atomic E-state index is 13.8. The van der Waals surface area contributed by atoms with Crippen molar-refractivity contribution in [3.05, 3.63) is 77.9 Å². The number of halogens is 2. The van der Waals surface area contributed by atoms with Crippen LogP contribution in [0.5, 0.6) is 0 Å². The predicted molar refractivity (Wildman–Crippen MR) is 98.8 cm³/mol. The zero-order chi connectivity index (χ0) is 17.4. The lowest BCUT2D eigenvalue weighted by Gasteiger charge is -2.08. The molecule has 3 aromatic carbocycles. The molecule has 1 heterocycles. The topological polar surface area (TPSA) is 17.0 Å². The molecular formula is C21H18F2N2. The SMILES string of the molecule is CCn1c2ccccc2c2cc(NCc3ccc(F)cc3F)ccc21. The van der Waals surface area contributed by atoms with Crippen molar-refractivity contribution in [3.8, 4) is 0 Å². The van der Waals surface area contributed by atoms with E-state index < -0.39 is 11.6 Å². The minimum absolute atomic E-state index is 0.310. The van der Waals surface area contributed by atoms with Gasteiger partial charge in [0, 0.05) is 52.2 Å². The highest BCUT2D eigenvalue weighted by Crippen LogP contribution is 2.31. The van der Waals surface area contributed by atoms with Crippen LogP contribution in [-0.4, -0.2) is 4.57 Å². The van der Waals surface area contributed by atoms with Crippen LogP contribution in [-0.2, 0) is 13.1 Å². The number of anilines is 1. The molecule has 0 amide bonds. The summed E-state index contributed by atoms with van der Waals surface area (Å²) in [7, 11) is 0. The molecule has 0 spiro atoms. The van der Waals surface area contributed by atoms with E-state index in [1.807, 2.05) is 18.2 Å². The third-order valence-electron chi connectivity index (χ3n) is 4.59. The van der Waals surface area contributed by atoms with Crippen LogP contribution in [0.25, 0.3) is 21.8 Å². The first-order chi connectivity index (χ1) is 12.2. The second kappa shape index (κ2) is 6.20. The monoisotopic (exact) mass is 336 g/mol. The van der Waals surface area contributed by atoms with Gasteiger partial charge >= 0.3 is 0 Å². The van der Waals surface area contributed by atoms with Gasteiger partial charge in [-0.2, -0.15) is 0 Å². The van der Waals surface area contributed by atoms with Crippen LogP contribution in [0.2, 0.25) is 0 Å². The molecule has 1 N–H and O–H groups in total. The van der Waals surface area contributed by atoms with Crippen molar-refractivity contribution in [2.75, 3.05) is 5.32 Å². The zero-order valence-corrected chi connectivity index (χ0v) is 13.9. The lowest BCUT2D eigenvalue weighted by atomic mass is 10.1. The molecule has 0 atom stereocenters. The minimum atomic E-state index is -0.560. The Hall–Kier alpha value is -2.88. The number of para-hydroxylation sites is 1. The highest BCUT2D eigenvalue weighted by Gasteiger charge is 2.10. The molecule has 4 heteroatoms. The first kappa shape index (κ1) is 15.6.